The van der Waals surface area contributed by atoms with Gasteiger partial charge < -0.3 is 14.6 Å². The lowest BCUT2D eigenvalue weighted by Crippen LogP contribution is -2.27. The summed E-state index contributed by atoms with van der Waals surface area (Å²) in [5.74, 6) is 1.64. The van der Waals surface area contributed by atoms with Gasteiger partial charge in [0.2, 0.25) is 5.75 Å². The predicted molar refractivity (Wildman–Crippen MR) is 66.6 cm³/mol. The van der Waals surface area contributed by atoms with E-state index in [1.54, 1.807) is 0 Å². The average molecular weight is 237 g/mol. The zero-order valence-electron chi connectivity index (χ0n) is 10.4. The lowest BCUT2D eigenvalue weighted by molar-refractivity contribution is 0.404. The van der Waals surface area contributed by atoms with Gasteiger partial charge >= 0.3 is 0 Å². The van der Waals surface area contributed by atoms with Gasteiger partial charge in [-0.15, -0.1) is 0 Å². The molecule has 0 atom stereocenters. The molecule has 1 heterocycles. The quantitative estimate of drug-likeness (QED) is 0.860. The second-order valence-corrected chi connectivity index (χ2v) is 4.62. The maximum absolute atomic E-state index is 11.6. The fourth-order valence-corrected chi connectivity index (χ4v) is 2.50. The van der Waals surface area contributed by atoms with Crippen LogP contribution in [-0.2, 0) is 0 Å². The molecule has 0 bridgehead atoms. The average Bonchev–Trinajstić information content (AvgIpc) is 2.81. The summed E-state index contributed by atoms with van der Waals surface area (Å²) < 4.78 is 5.11. The van der Waals surface area contributed by atoms with Crippen molar-refractivity contribution in [2.24, 2.45) is 5.92 Å². The highest BCUT2D eigenvalue weighted by Gasteiger charge is 2.20. The van der Waals surface area contributed by atoms with Gasteiger partial charge in [-0.2, -0.15) is 0 Å². The molecule has 1 N–H and O–H groups in total. The SMILES string of the molecule is COc1c(N(C)CC2CCCC2)nc[nH]c1=O. The molecule has 0 spiro atoms. The zero-order chi connectivity index (χ0) is 12.3. The molecule has 0 radical (unpaired) electrons. The van der Waals surface area contributed by atoms with Crippen LogP contribution in [0.25, 0.3) is 0 Å². The van der Waals surface area contributed by atoms with E-state index in [0.29, 0.717) is 17.5 Å². The second-order valence-electron chi connectivity index (χ2n) is 4.62. The Labute approximate surface area is 101 Å². The van der Waals surface area contributed by atoms with Crippen LogP contribution in [0, 0.1) is 5.92 Å². The molecule has 94 valence electrons. The predicted octanol–water partition coefficient (Wildman–Crippen LogP) is 1.40. The zero-order valence-corrected chi connectivity index (χ0v) is 10.4. The topological polar surface area (TPSA) is 58.2 Å². The van der Waals surface area contributed by atoms with E-state index in [1.807, 2.05) is 11.9 Å². The summed E-state index contributed by atoms with van der Waals surface area (Å²) in [7, 11) is 3.46. The van der Waals surface area contributed by atoms with Gasteiger partial charge in [0.05, 0.1) is 13.4 Å². The minimum atomic E-state index is -0.226. The Bertz CT molecular complexity index is 424. The van der Waals surface area contributed by atoms with E-state index in [-0.39, 0.29) is 5.56 Å². The highest BCUT2D eigenvalue weighted by molar-refractivity contribution is 5.49. The number of nitrogens with one attached hydrogen (secondary N) is 1. The summed E-state index contributed by atoms with van der Waals surface area (Å²) in [6.07, 6.45) is 6.61. The molecule has 0 unspecified atom stereocenters. The van der Waals surface area contributed by atoms with Gasteiger partial charge in [-0.25, -0.2) is 4.98 Å². The summed E-state index contributed by atoms with van der Waals surface area (Å²) in [6.45, 7) is 0.937. The number of methoxy groups -OCH3 is 1. The van der Waals surface area contributed by atoms with Crippen LogP contribution in [0.3, 0.4) is 0 Å². The highest BCUT2D eigenvalue weighted by atomic mass is 16.5. The third-order valence-corrected chi connectivity index (χ3v) is 3.36. The van der Waals surface area contributed by atoms with E-state index in [2.05, 4.69) is 9.97 Å². The smallest absolute Gasteiger partial charge is 0.295 e. The third kappa shape index (κ3) is 2.60. The molecule has 2 rings (SSSR count). The molecular weight excluding hydrogens is 218 g/mol. The van der Waals surface area contributed by atoms with Crippen molar-refractivity contribution >= 4 is 5.82 Å². The molecule has 5 heteroatoms. The Morgan fingerprint density at radius 3 is 2.88 bits per heavy atom. The molecule has 0 aromatic carbocycles. The molecule has 1 aliphatic rings. The van der Waals surface area contributed by atoms with Crippen LogP contribution in [0.15, 0.2) is 11.1 Å². The van der Waals surface area contributed by atoms with Crippen molar-refractivity contribution in [2.75, 3.05) is 25.6 Å². The highest BCUT2D eigenvalue weighted by Crippen LogP contribution is 2.27. The number of aromatic amines is 1. The van der Waals surface area contributed by atoms with E-state index in [0.717, 1.165) is 6.54 Å². The van der Waals surface area contributed by atoms with Gasteiger partial charge in [-0.05, 0) is 18.8 Å². The van der Waals surface area contributed by atoms with Crippen LogP contribution in [0.5, 0.6) is 5.75 Å². The van der Waals surface area contributed by atoms with Gasteiger partial charge in [0.25, 0.3) is 5.56 Å². The lowest BCUT2D eigenvalue weighted by Gasteiger charge is -2.22. The van der Waals surface area contributed by atoms with Crippen molar-refractivity contribution < 1.29 is 4.74 Å². The number of ether oxygens (including phenoxy) is 1. The molecule has 5 nitrogen and oxygen atoms in total. The first kappa shape index (κ1) is 12.0. The van der Waals surface area contributed by atoms with Crippen molar-refractivity contribution in [1.82, 2.24) is 9.97 Å². The van der Waals surface area contributed by atoms with Crippen molar-refractivity contribution in [1.29, 1.82) is 0 Å². The largest absolute Gasteiger partial charge is 0.489 e. The maximum atomic E-state index is 11.6. The summed E-state index contributed by atoms with van der Waals surface area (Å²) >= 11 is 0. The second kappa shape index (κ2) is 5.21. The van der Waals surface area contributed by atoms with E-state index in [1.165, 1.54) is 39.1 Å². The van der Waals surface area contributed by atoms with Crippen molar-refractivity contribution in [3.05, 3.63) is 16.7 Å². The molecule has 1 aromatic rings. The first-order valence-corrected chi connectivity index (χ1v) is 6.05. The number of H-pyrrole nitrogens is 1. The minimum absolute atomic E-state index is 0.226. The van der Waals surface area contributed by atoms with Crippen LogP contribution >= 0.6 is 0 Å². The number of rotatable bonds is 4. The number of anilines is 1. The Morgan fingerprint density at radius 2 is 2.24 bits per heavy atom. The fourth-order valence-electron chi connectivity index (χ4n) is 2.50. The van der Waals surface area contributed by atoms with E-state index in [4.69, 9.17) is 4.74 Å². The molecular formula is C12H19N3O2. The Hall–Kier alpha value is -1.52. The normalized spacial score (nSPS) is 16.1. The van der Waals surface area contributed by atoms with Crippen molar-refractivity contribution in [2.45, 2.75) is 25.7 Å². The van der Waals surface area contributed by atoms with Gasteiger partial charge in [0, 0.05) is 13.6 Å². The van der Waals surface area contributed by atoms with Crippen LogP contribution in [0.4, 0.5) is 5.82 Å². The van der Waals surface area contributed by atoms with E-state index >= 15 is 0 Å². The Morgan fingerprint density at radius 1 is 1.53 bits per heavy atom. The molecule has 1 aliphatic carbocycles. The molecule has 1 fully saturated rings. The van der Waals surface area contributed by atoms with Crippen molar-refractivity contribution in [3.63, 3.8) is 0 Å². The van der Waals surface area contributed by atoms with Crippen LogP contribution in [-0.4, -0.2) is 30.7 Å². The van der Waals surface area contributed by atoms with Gasteiger partial charge in [0.15, 0.2) is 5.82 Å². The summed E-state index contributed by atoms with van der Waals surface area (Å²) in [5, 5.41) is 0. The number of nitrogens with zero attached hydrogens (tertiary/aromatic N) is 2. The first-order chi connectivity index (χ1) is 8.22. The maximum Gasteiger partial charge on any atom is 0.295 e. The molecule has 1 aromatic heterocycles. The fraction of sp³-hybridized carbons (Fsp3) is 0.667. The van der Waals surface area contributed by atoms with Crippen molar-refractivity contribution in [3.8, 4) is 5.75 Å². The Balaban J connectivity index is 2.15. The molecule has 0 aliphatic heterocycles. The molecule has 0 saturated heterocycles. The van der Waals surface area contributed by atoms with Gasteiger partial charge in [-0.1, -0.05) is 12.8 Å². The first-order valence-electron chi connectivity index (χ1n) is 6.05. The minimum Gasteiger partial charge on any atom is -0.489 e. The molecule has 17 heavy (non-hydrogen) atoms. The summed E-state index contributed by atoms with van der Waals surface area (Å²) in [4.78, 5) is 20.3. The molecule has 0 amide bonds. The summed E-state index contributed by atoms with van der Waals surface area (Å²) in [6, 6.07) is 0. The van der Waals surface area contributed by atoms with Crippen LogP contribution < -0.4 is 15.2 Å². The van der Waals surface area contributed by atoms with Crippen LogP contribution in [0.2, 0.25) is 0 Å². The number of hydrogen-bond acceptors (Lipinski definition) is 4. The lowest BCUT2D eigenvalue weighted by atomic mass is 10.1. The van der Waals surface area contributed by atoms with E-state index in [9.17, 15) is 4.79 Å². The van der Waals surface area contributed by atoms with Gasteiger partial charge in [0.1, 0.15) is 0 Å². The Kier molecular flexibility index (Phi) is 3.66. The number of hydrogen-bond donors (Lipinski definition) is 1. The third-order valence-electron chi connectivity index (χ3n) is 3.36. The van der Waals surface area contributed by atoms with E-state index < -0.39 is 0 Å². The molecule has 1 saturated carbocycles. The monoisotopic (exact) mass is 237 g/mol. The number of aromatic nitrogens is 2. The van der Waals surface area contributed by atoms with Crippen LogP contribution in [0.1, 0.15) is 25.7 Å². The van der Waals surface area contributed by atoms with Gasteiger partial charge in [-0.3, -0.25) is 4.79 Å². The summed E-state index contributed by atoms with van der Waals surface area (Å²) in [5.41, 5.74) is -0.226. The standard InChI is InChI=1S/C12H19N3O2/c1-15(7-9-5-3-4-6-9)11-10(17-2)12(16)14-8-13-11/h8-9H,3-7H2,1-2H3,(H,13,14,16).